The zero-order valence-electron chi connectivity index (χ0n) is 10.5. The van der Waals surface area contributed by atoms with Crippen LogP contribution in [-0.2, 0) is 15.6 Å². The van der Waals surface area contributed by atoms with Crippen molar-refractivity contribution in [2.45, 2.75) is 10.6 Å². The van der Waals surface area contributed by atoms with Crippen LogP contribution >= 0.6 is 31.9 Å². The van der Waals surface area contributed by atoms with E-state index in [1.807, 2.05) is 0 Å². The molecule has 0 unspecified atom stereocenters. The quantitative estimate of drug-likeness (QED) is 0.798. The summed E-state index contributed by atoms with van der Waals surface area (Å²) in [5, 5.41) is 9.13. The lowest BCUT2D eigenvalue weighted by Crippen LogP contribution is -2.11. The Morgan fingerprint density at radius 1 is 1.14 bits per heavy atom. The van der Waals surface area contributed by atoms with Crippen LogP contribution < -0.4 is 0 Å². The van der Waals surface area contributed by atoms with Crippen LogP contribution in [0.15, 0.2) is 50.5 Å². The average molecular weight is 435 g/mol. The van der Waals surface area contributed by atoms with Gasteiger partial charge in [0.05, 0.1) is 16.2 Å². The summed E-state index contributed by atoms with van der Waals surface area (Å²) < 4.78 is 26.1. The minimum absolute atomic E-state index is 0.218. The topological polar surface area (TPSA) is 84.3 Å². The molecule has 110 valence electrons. The Morgan fingerprint density at radius 2 is 1.86 bits per heavy atom. The van der Waals surface area contributed by atoms with Gasteiger partial charge in [-0.1, -0.05) is 15.9 Å². The maximum absolute atomic E-state index is 12.5. The molecule has 0 spiro atoms. The molecular weight excluding hydrogens is 426 g/mol. The second-order valence-corrected chi connectivity index (χ2v) is 8.01. The molecule has 1 aromatic carbocycles. The molecule has 0 bridgehead atoms. The summed E-state index contributed by atoms with van der Waals surface area (Å²) in [6, 6.07) is 5.68. The summed E-state index contributed by atoms with van der Waals surface area (Å²) in [4.78, 5) is 14.9. The molecule has 1 heterocycles. The number of carboxylic acid groups (broad SMARTS) is 1. The van der Waals surface area contributed by atoms with Gasteiger partial charge in [-0.25, -0.2) is 13.2 Å². The van der Waals surface area contributed by atoms with Crippen LogP contribution in [0.2, 0.25) is 0 Å². The fraction of sp³-hybridized carbons (Fsp3) is 0.0769. The second-order valence-electron chi connectivity index (χ2n) is 4.22. The van der Waals surface area contributed by atoms with Crippen molar-refractivity contribution in [3.63, 3.8) is 0 Å². The van der Waals surface area contributed by atoms with E-state index in [1.165, 1.54) is 30.6 Å². The number of aromatic nitrogens is 1. The molecule has 2 aromatic rings. The first-order valence-corrected chi connectivity index (χ1v) is 8.88. The van der Waals surface area contributed by atoms with Crippen molar-refractivity contribution in [1.29, 1.82) is 0 Å². The zero-order chi connectivity index (χ0) is 15.6. The molecule has 0 aliphatic carbocycles. The van der Waals surface area contributed by atoms with Crippen molar-refractivity contribution in [2.24, 2.45) is 0 Å². The third kappa shape index (κ3) is 3.90. The highest BCUT2D eigenvalue weighted by molar-refractivity contribution is 9.10. The van der Waals surface area contributed by atoms with E-state index < -0.39 is 15.8 Å². The molecule has 1 aromatic heterocycles. The molecule has 0 saturated heterocycles. The van der Waals surface area contributed by atoms with E-state index in [2.05, 4.69) is 36.8 Å². The molecule has 1 N–H and O–H groups in total. The number of rotatable bonds is 4. The van der Waals surface area contributed by atoms with Crippen LogP contribution in [0, 0.1) is 0 Å². The van der Waals surface area contributed by atoms with E-state index in [4.69, 9.17) is 5.11 Å². The van der Waals surface area contributed by atoms with Crippen molar-refractivity contribution in [1.82, 2.24) is 4.98 Å². The van der Waals surface area contributed by atoms with Crippen LogP contribution in [0.4, 0.5) is 0 Å². The number of pyridine rings is 1. The zero-order valence-corrected chi connectivity index (χ0v) is 14.4. The third-order valence-corrected chi connectivity index (χ3v) is 5.28. The summed E-state index contributed by atoms with van der Waals surface area (Å²) in [6.45, 7) is 0. The average Bonchev–Trinajstić information content (AvgIpc) is 2.37. The summed E-state index contributed by atoms with van der Waals surface area (Å²) in [7, 11) is -3.80. The summed E-state index contributed by atoms with van der Waals surface area (Å²) in [5.74, 6) is -1.61. The van der Waals surface area contributed by atoms with E-state index in [1.54, 1.807) is 6.07 Å². The highest BCUT2D eigenvalue weighted by atomic mass is 79.9. The summed E-state index contributed by atoms with van der Waals surface area (Å²) >= 11 is 6.37. The van der Waals surface area contributed by atoms with Gasteiger partial charge in [-0.3, -0.25) is 4.98 Å². The van der Waals surface area contributed by atoms with E-state index >= 15 is 0 Å². The monoisotopic (exact) mass is 433 g/mol. The summed E-state index contributed by atoms with van der Waals surface area (Å²) in [6.07, 6.45) is 2.97. The van der Waals surface area contributed by atoms with Crippen LogP contribution in [0.1, 0.15) is 15.9 Å². The first-order chi connectivity index (χ1) is 9.79. The molecule has 5 nitrogen and oxygen atoms in total. The molecule has 0 aliphatic heterocycles. The minimum Gasteiger partial charge on any atom is -0.478 e. The number of nitrogens with zero attached hydrogens (tertiary/aromatic N) is 1. The standard InChI is InChI=1S/C13H9Br2NO4S/c14-9-1-2-11(13(17)18)12(4-9)21(19,20)7-8-3-10(15)6-16-5-8/h1-6H,7H2,(H,17,18). The first-order valence-electron chi connectivity index (χ1n) is 5.64. The first kappa shape index (κ1) is 16.1. The van der Waals surface area contributed by atoms with E-state index in [-0.39, 0.29) is 16.2 Å². The van der Waals surface area contributed by atoms with Gasteiger partial charge in [0.15, 0.2) is 9.84 Å². The van der Waals surface area contributed by atoms with Crippen molar-refractivity contribution in [3.05, 3.63) is 56.7 Å². The molecule has 2 rings (SSSR count). The van der Waals surface area contributed by atoms with Gasteiger partial charge >= 0.3 is 5.97 Å². The number of sulfone groups is 1. The smallest absolute Gasteiger partial charge is 0.337 e. The van der Waals surface area contributed by atoms with Gasteiger partial charge in [-0.05, 0) is 45.8 Å². The van der Waals surface area contributed by atoms with Crippen molar-refractivity contribution in [2.75, 3.05) is 0 Å². The largest absolute Gasteiger partial charge is 0.478 e. The number of hydrogen-bond acceptors (Lipinski definition) is 4. The molecular formula is C13H9Br2NO4S. The maximum atomic E-state index is 12.5. The van der Waals surface area contributed by atoms with Gasteiger partial charge in [0.2, 0.25) is 0 Å². The molecule has 0 atom stereocenters. The number of aromatic carboxylic acids is 1. The van der Waals surface area contributed by atoms with Gasteiger partial charge in [0.1, 0.15) is 0 Å². The fourth-order valence-electron chi connectivity index (χ4n) is 1.76. The second kappa shape index (κ2) is 6.25. The van der Waals surface area contributed by atoms with Crippen LogP contribution in [-0.4, -0.2) is 24.5 Å². The van der Waals surface area contributed by atoms with Crippen LogP contribution in [0.5, 0.6) is 0 Å². The van der Waals surface area contributed by atoms with Crippen molar-refractivity contribution in [3.8, 4) is 0 Å². The Labute approximate surface area is 138 Å². The van der Waals surface area contributed by atoms with Crippen molar-refractivity contribution < 1.29 is 18.3 Å². The predicted molar refractivity (Wildman–Crippen MR) is 83.9 cm³/mol. The van der Waals surface area contributed by atoms with E-state index in [0.29, 0.717) is 14.5 Å². The fourth-order valence-corrected chi connectivity index (χ4v) is 4.24. The summed E-state index contributed by atoms with van der Waals surface area (Å²) in [5.41, 5.74) is 0.224. The number of halogens is 2. The Balaban J connectivity index is 2.49. The molecule has 0 fully saturated rings. The highest BCUT2D eigenvalue weighted by Crippen LogP contribution is 2.25. The molecule has 8 heteroatoms. The number of benzene rings is 1. The van der Waals surface area contributed by atoms with Crippen molar-refractivity contribution >= 4 is 47.7 Å². The van der Waals surface area contributed by atoms with Gasteiger partial charge in [-0.2, -0.15) is 0 Å². The lowest BCUT2D eigenvalue weighted by atomic mass is 10.2. The van der Waals surface area contributed by atoms with Gasteiger partial charge in [0.25, 0.3) is 0 Å². The highest BCUT2D eigenvalue weighted by Gasteiger charge is 2.23. The molecule has 21 heavy (non-hydrogen) atoms. The minimum atomic E-state index is -3.80. The lowest BCUT2D eigenvalue weighted by Gasteiger charge is -2.08. The molecule has 0 radical (unpaired) electrons. The Hall–Kier alpha value is -1.25. The Morgan fingerprint density at radius 3 is 2.48 bits per heavy atom. The number of hydrogen-bond donors (Lipinski definition) is 1. The SMILES string of the molecule is O=C(O)c1ccc(Br)cc1S(=O)(=O)Cc1cncc(Br)c1. The Bertz CT molecular complexity index is 806. The van der Waals surface area contributed by atoms with Crippen LogP contribution in [0.25, 0.3) is 0 Å². The normalized spacial score (nSPS) is 11.3. The van der Waals surface area contributed by atoms with Crippen LogP contribution in [0.3, 0.4) is 0 Å². The van der Waals surface area contributed by atoms with Gasteiger partial charge < -0.3 is 5.11 Å². The third-order valence-electron chi connectivity index (χ3n) is 2.63. The molecule has 0 saturated carbocycles. The van der Waals surface area contributed by atoms with Gasteiger partial charge in [-0.15, -0.1) is 0 Å². The number of carbonyl (C=O) groups is 1. The lowest BCUT2D eigenvalue weighted by molar-refractivity contribution is 0.0692. The predicted octanol–water partition coefficient (Wildman–Crippen LogP) is 3.28. The Kier molecular flexibility index (Phi) is 4.80. The number of carboxylic acids is 1. The van der Waals surface area contributed by atoms with Gasteiger partial charge in [0, 0.05) is 21.3 Å². The van der Waals surface area contributed by atoms with E-state index in [0.717, 1.165) is 0 Å². The maximum Gasteiger partial charge on any atom is 0.337 e. The molecule has 0 amide bonds. The van der Waals surface area contributed by atoms with E-state index in [9.17, 15) is 13.2 Å². The molecule has 0 aliphatic rings.